The van der Waals surface area contributed by atoms with Crippen molar-refractivity contribution in [3.8, 4) is 0 Å². The van der Waals surface area contributed by atoms with Gasteiger partial charge in [-0.3, -0.25) is 15.2 Å². The minimum Gasteiger partial charge on any atom is -0.378 e. The average Bonchev–Trinajstić information content (AvgIpc) is 2.80. The van der Waals surface area contributed by atoms with Gasteiger partial charge in [0.05, 0.1) is 16.8 Å². The van der Waals surface area contributed by atoms with E-state index in [1.807, 2.05) is 0 Å². The van der Waals surface area contributed by atoms with Crippen LogP contribution < -0.4 is 5.32 Å². The first-order chi connectivity index (χ1) is 7.75. The van der Waals surface area contributed by atoms with Crippen LogP contribution in [-0.4, -0.2) is 15.1 Å². The van der Waals surface area contributed by atoms with Crippen molar-refractivity contribution < 1.29 is 4.92 Å². The zero-order valence-electron chi connectivity index (χ0n) is 8.38. The monoisotopic (exact) mass is 218 g/mol. The van der Waals surface area contributed by atoms with Crippen LogP contribution >= 0.6 is 0 Å². The Bertz CT molecular complexity index is 464. The SMILES string of the molecule is O=[N+]([O-])c1ccc(CNc2cn[nH]c2)cc1. The van der Waals surface area contributed by atoms with Crippen LogP contribution in [0.25, 0.3) is 0 Å². The van der Waals surface area contributed by atoms with Crippen LogP contribution in [0.1, 0.15) is 5.56 Å². The molecule has 0 fully saturated rings. The average molecular weight is 218 g/mol. The Labute approximate surface area is 91.5 Å². The van der Waals surface area contributed by atoms with E-state index in [1.165, 1.54) is 12.1 Å². The minimum absolute atomic E-state index is 0.104. The third-order valence-corrected chi connectivity index (χ3v) is 2.14. The van der Waals surface area contributed by atoms with Crippen molar-refractivity contribution in [3.05, 3.63) is 52.3 Å². The van der Waals surface area contributed by atoms with Gasteiger partial charge in [-0.05, 0) is 5.56 Å². The molecule has 0 atom stereocenters. The third-order valence-electron chi connectivity index (χ3n) is 2.14. The maximum absolute atomic E-state index is 10.4. The van der Waals surface area contributed by atoms with Crippen molar-refractivity contribution in [2.75, 3.05) is 5.32 Å². The minimum atomic E-state index is -0.409. The van der Waals surface area contributed by atoms with Gasteiger partial charge in [0.25, 0.3) is 5.69 Å². The summed E-state index contributed by atoms with van der Waals surface area (Å²) in [7, 11) is 0. The molecule has 1 heterocycles. The molecule has 2 rings (SSSR count). The Morgan fingerprint density at radius 1 is 1.38 bits per heavy atom. The number of nitro groups is 1. The lowest BCUT2D eigenvalue weighted by Crippen LogP contribution is -1.98. The number of non-ortho nitro benzene ring substituents is 1. The first-order valence-corrected chi connectivity index (χ1v) is 4.72. The van der Waals surface area contributed by atoms with Crippen LogP contribution in [0.4, 0.5) is 11.4 Å². The van der Waals surface area contributed by atoms with Gasteiger partial charge in [0.15, 0.2) is 0 Å². The van der Waals surface area contributed by atoms with Gasteiger partial charge in [0.2, 0.25) is 0 Å². The molecule has 6 heteroatoms. The zero-order chi connectivity index (χ0) is 11.4. The summed E-state index contributed by atoms with van der Waals surface area (Å²) in [6, 6.07) is 6.44. The van der Waals surface area contributed by atoms with Crippen LogP contribution in [-0.2, 0) is 6.54 Å². The maximum Gasteiger partial charge on any atom is 0.269 e. The highest BCUT2D eigenvalue weighted by Gasteiger charge is 2.03. The summed E-state index contributed by atoms with van der Waals surface area (Å²) in [5, 5.41) is 20.0. The number of aromatic nitrogens is 2. The van der Waals surface area contributed by atoms with Crippen molar-refractivity contribution in [1.82, 2.24) is 10.2 Å². The van der Waals surface area contributed by atoms with E-state index in [9.17, 15) is 10.1 Å². The van der Waals surface area contributed by atoms with Gasteiger partial charge >= 0.3 is 0 Å². The number of nitrogens with zero attached hydrogens (tertiary/aromatic N) is 2. The lowest BCUT2D eigenvalue weighted by molar-refractivity contribution is -0.384. The van der Waals surface area contributed by atoms with E-state index < -0.39 is 4.92 Å². The molecular weight excluding hydrogens is 208 g/mol. The van der Waals surface area contributed by atoms with E-state index in [2.05, 4.69) is 15.5 Å². The third kappa shape index (κ3) is 2.35. The number of anilines is 1. The van der Waals surface area contributed by atoms with Gasteiger partial charge in [-0.1, -0.05) is 12.1 Å². The second kappa shape index (κ2) is 4.43. The molecule has 0 saturated carbocycles. The molecule has 0 unspecified atom stereocenters. The summed E-state index contributed by atoms with van der Waals surface area (Å²) in [5.74, 6) is 0. The van der Waals surface area contributed by atoms with Crippen LogP contribution in [0.3, 0.4) is 0 Å². The van der Waals surface area contributed by atoms with Gasteiger partial charge in [0, 0.05) is 24.9 Å². The largest absolute Gasteiger partial charge is 0.378 e. The first-order valence-electron chi connectivity index (χ1n) is 4.72. The molecule has 0 spiro atoms. The number of nitrogens with one attached hydrogen (secondary N) is 2. The Balaban J connectivity index is 1.98. The number of nitro benzene ring substituents is 1. The molecule has 0 aliphatic heterocycles. The Morgan fingerprint density at radius 3 is 2.69 bits per heavy atom. The van der Waals surface area contributed by atoms with Crippen LogP contribution in [0.5, 0.6) is 0 Å². The number of rotatable bonds is 4. The molecule has 0 bridgehead atoms. The van der Waals surface area contributed by atoms with E-state index in [-0.39, 0.29) is 5.69 Å². The molecule has 1 aromatic heterocycles. The second-order valence-electron chi connectivity index (χ2n) is 3.26. The molecule has 1 aromatic carbocycles. The fourth-order valence-corrected chi connectivity index (χ4v) is 1.29. The smallest absolute Gasteiger partial charge is 0.269 e. The summed E-state index contributed by atoms with van der Waals surface area (Å²) in [6.07, 6.45) is 3.41. The molecule has 0 amide bonds. The highest BCUT2D eigenvalue weighted by molar-refractivity contribution is 5.40. The van der Waals surface area contributed by atoms with Crippen molar-refractivity contribution in [2.24, 2.45) is 0 Å². The fourth-order valence-electron chi connectivity index (χ4n) is 1.29. The summed E-state index contributed by atoms with van der Waals surface area (Å²) in [5.41, 5.74) is 1.97. The molecular formula is C10H10N4O2. The van der Waals surface area contributed by atoms with Gasteiger partial charge in [-0.25, -0.2) is 0 Å². The van der Waals surface area contributed by atoms with Gasteiger partial charge < -0.3 is 5.32 Å². The molecule has 0 aliphatic carbocycles. The summed E-state index contributed by atoms with van der Waals surface area (Å²) in [6.45, 7) is 0.609. The van der Waals surface area contributed by atoms with E-state index in [1.54, 1.807) is 24.5 Å². The van der Waals surface area contributed by atoms with E-state index in [4.69, 9.17) is 0 Å². The molecule has 82 valence electrons. The Morgan fingerprint density at radius 2 is 2.12 bits per heavy atom. The highest BCUT2D eigenvalue weighted by Crippen LogP contribution is 2.13. The van der Waals surface area contributed by atoms with Gasteiger partial charge in [0.1, 0.15) is 0 Å². The number of H-pyrrole nitrogens is 1. The molecule has 0 saturated heterocycles. The van der Waals surface area contributed by atoms with E-state index >= 15 is 0 Å². The highest BCUT2D eigenvalue weighted by atomic mass is 16.6. The van der Waals surface area contributed by atoms with Crippen LogP contribution in [0.2, 0.25) is 0 Å². The predicted molar refractivity (Wildman–Crippen MR) is 59.0 cm³/mol. The molecule has 6 nitrogen and oxygen atoms in total. The fraction of sp³-hybridized carbons (Fsp3) is 0.100. The Kier molecular flexibility index (Phi) is 2.81. The van der Waals surface area contributed by atoms with Crippen molar-refractivity contribution in [1.29, 1.82) is 0 Å². The zero-order valence-corrected chi connectivity index (χ0v) is 8.38. The molecule has 16 heavy (non-hydrogen) atoms. The lowest BCUT2D eigenvalue weighted by Gasteiger charge is -2.02. The van der Waals surface area contributed by atoms with E-state index in [0.717, 1.165) is 11.3 Å². The quantitative estimate of drug-likeness (QED) is 0.606. The van der Waals surface area contributed by atoms with Crippen molar-refractivity contribution >= 4 is 11.4 Å². The van der Waals surface area contributed by atoms with E-state index in [0.29, 0.717) is 6.54 Å². The molecule has 2 aromatic rings. The van der Waals surface area contributed by atoms with Gasteiger partial charge in [-0.2, -0.15) is 5.10 Å². The molecule has 2 N–H and O–H groups in total. The number of benzene rings is 1. The number of hydrogen-bond donors (Lipinski definition) is 2. The lowest BCUT2D eigenvalue weighted by atomic mass is 10.2. The summed E-state index contributed by atoms with van der Waals surface area (Å²) < 4.78 is 0. The predicted octanol–water partition coefficient (Wildman–Crippen LogP) is 1.93. The standard InChI is InChI=1S/C10H10N4O2/c15-14(16)10-3-1-8(2-4-10)5-11-9-6-12-13-7-9/h1-4,6-7,11H,5H2,(H,12,13). The first kappa shape index (κ1) is 10.2. The summed E-state index contributed by atoms with van der Waals surface area (Å²) >= 11 is 0. The van der Waals surface area contributed by atoms with Crippen LogP contribution in [0.15, 0.2) is 36.7 Å². The van der Waals surface area contributed by atoms with Crippen molar-refractivity contribution in [3.63, 3.8) is 0 Å². The second-order valence-corrected chi connectivity index (χ2v) is 3.26. The van der Waals surface area contributed by atoms with Gasteiger partial charge in [-0.15, -0.1) is 0 Å². The molecule has 0 radical (unpaired) electrons. The molecule has 0 aliphatic rings. The normalized spacial score (nSPS) is 10.0. The number of aromatic amines is 1. The summed E-state index contributed by atoms with van der Waals surface area (Å²) in [4.78, 5) is 10.0. The van der Waals surface area contributed by atoms with Crippen molar-refractivity contribution in [2.45, 2.75) is 6.54 Å². The van der Waals surface area contributed by atoms with Crippen LogP contribution in [0, 0.1) is 10.1 Å². The maximum atomic E-state index is 10.4. The Hall–Kier alpha value is -2.37. The topological polar surface area (TPSA) is 83.8 Å². The number of hydrogen-bond acceptors (Lipinski definition) is 4.